The number of carbonyl (C=O) groups is 1. The summed E-state index contributed by atoms with van der Waals surface area (Å²) in [6.07, 6.45) is 0. The molecule has 0 spiro atoms. The van der Waals surface area contributed by atoms with Crippen LogP contribution in [0.15, 0.2) is 77.9 Å². The van der Waals surface area contributed by atoms with Crippen molar-refractivity contribution in [2.45, 2.75) is 13.5 Å². The number of para-hydroxylation sites is 2. The fourth-order valence-electron chi connectivity index (χ4n) is 4.17. The maximum absolute atomic E-state index is 12.5. The maximum atomic E-state index is 12.5. The van der Waals surface area contributed by atoms with Gasteiger partial charge in [-0.05, 0) is 36.8 Å². The first-order chi connectivity index (χ1) is 17.4. The Kier molecular flexibility index (Phi) is 7.92. The molecular weight excluding hydrogens is 458 g/mol. The van der Waals surface area contributed by atoms with Gasteiger partial charge in [-0.15, -0.1) is 0 Å². The lowest BCUT2D eigenvalue weighted by Gasteiger charge is -2.36. The molecular formula is C27H29N5O4. The van der Waals surface area contributed by atoms with Crippen molar-refractivity contribution in [3.05, 3.63) is 99.6 Å². The van der Waals surface area contributed by atoms with Crippen LogP contribution in [0, 0.1) is 10.1 Å². The van der Waals surface area contributed by atoms with Gasteiger partial charge in [0.05, 0.1) is 23.4 Å². The maximum Gasteiger partial charge on any atom is 0.271 e. The number of piperazine rings is 1. The first-order valence-electron chi connectivity index (χ1n) is 11.7. The first-order valence-corrected chi connectivity index (χ1v) is 11.7. The van der Waals surface area contributed by atoms with Crippen LogP contribution in [0.3, 0.4) is 0 Å². The average Bonchev–Trinajstić information content (AvgIpc) is 2.92. The van der Waals surface area contributed by atoms with Gasteiger partial charge in [0.2, 0.25) is 0 Å². The van der Waals surface area contributed by atoms with E-state index >= 15 is 0 Å². The van der Waals surface area contributed by atoms with Crippen LogP contribution in [-0.4, -0.2) is 54.7 Å². The van der Waals surface area contributed by atoms with Crippen LogP contribution >= 0.6 is 0 Å². The molecule has 0 aromatic heterocycles. The lowest BCUT2D eigenvalue weighted by Crippen LogP contribution is -2.46. The van der Waals surface area contributed by atoms with Crippen LogP contribution in [0.2, 0.25) is 0 Å². The Morgan fingerprint density at radius 3 is 2.42 bits per heavy atom. The van der Waals surface area contributed by atoms with E-state index in [-0.39, 0.29) is 11.6 Å². The average molecular weight is 488 g/mol. The third-order valence-corrected chi connectivity index (χ3v) is 6.22. The molecule has 3 aromatic rings. The van der Waals surface area contributed by atoms with Crippen molar-refractivity contribution in [1.29, 1.82) is 0 Å². The fraction of sp³-hybridized carbons (Fsp3) is 0.259. The van der Waals surface area contributed by atoms with Crippen molar-refractivity contribution >= 4 is 23.0 Å². The van der Waals surface area contributed by atoms with Gasteiger partial charge in [-0.2, -0.15) is 5.10 Å². The molecule has 0 atom stereocenters. The van der Waals surface area contributed by atoms with Gasteiger partial charge >= 0.3 is 0 Å². The lowest BCUT2D eigenvalue weighted by atomic mass is 10.1. The van der Waals surface area contributed by atoms with E-state index in [9.17, 15) is 14.9 Å². The van der Waals surface area contributed by atoms with Gasteiger partial charge in [0, 0.05) is 56.0 Å². The number of hydrogen-bond donors (Lipinski definition) is 1. The number of nitro benzene ring substituents is 1. The number of ether oxygens (including phenoxy) is 1. The van der Waals surface area contributed by atoms with Gasteiger partial charge < -0.3 is 9.64 Å². The van der Waals surface area contributed by atoms with Gasteiger partial charge in [-0.1, -0.05) is 36.4 Å². The molecule has 1 N–H and O–H groups in total. The normalized spacial score (nSPS) is 14.4. The topological polar surface area (TPSA) is 100 Å². The highest BCUT2D eigenvalue weighted by Crippen LogP contribution is 2.28. The lowest BCUT2D eigenvalue weighted by molar-refractivity contribution is -0.384. The monoisotopic (exact) mass is 487 g/mol. The molecule has 1 aliphatic rings. The summed E-state index contributed by atoms with van der Waals surface area (Å²) in [6.45, 7) is 6.21. The Labute approximate surface area is 210 Å². The van der Waals surface area contributed by atoms with E-state index < -0.39 is 4.92 Å². The minimum Gasteiger partial charge on any atom is -0.495 e. The summed E-state index contributed by atoms with van der Waals surface area (Å²) < 4.78 is 5.50. The van der Waals surface area contributed by atoms with E-state index in [1.165, 1.54) is 12.1 Å². The molecule has 36 heavy (non-hydrogen) atoms. The second kappa shape index (κ2) is 11.5. The molecule has 1 saturated heterocycles. The standard InChI is InChI=1S/C27H29N5O4/c1-20(23-6-5-7-24(18-23)32(34)35)28-29-27(33)22-12-10-21(11-13-22)19-30-14-16-31(17-15-30)25-8-3-4-9-26(25)36-2/h3-13,18H,14-17,19H2,1-2H3,(H,29,33)/b28-20+. The van der Waals surface area contributed by atoms with E-state index in [0.29, 0.717) is 16.8 Å². The molecule has 4 rings (SSSR count). The molecule has 1 heterocycles. The second-order valence-electron chi connectivity index (χ2n) is 8.58. The molecule has 0 bridgehead atoms. The number of nitrogens with one attached hydrogen (secondary N) is 1. The first kappa shape index (κ1) is 24.9. The number of benzene rings is 3. The Morgan fingerprint density at radius 2 is 1.72 bits per heavy atom. The molecule has 1 fully saturated rings. The number of methoxy groups -OCH3 is 1. The van der Waals surface area contributed by atoms with Crippen LogP contribution in [0.25, 0.3) is 0 Å². The van der Waals surface area contributed by atoms with E-state index in [2.05, 4.69) is 26.4 Å². The Hall–Kier alpha value is -4.24. The molecule has 0 unspecified atom stereocenters. The molecule has 0 aliphatic carbocycles. The van der Waals surface area contributed by atoms with Crippen molar-refractivity contribution in [3.63, 3.8) is 0 Å². The van der Waals surface area contributed by atoms with Crippen molar-refractivity contribution in [2.24, 2.45) is 5.10 Å². The van der Waals surface area contributed by atoms with E-state index in [1.807, 2.05) is 30.3 Å². The molecule has 9 nitrogen and oxygen atoms in total. The molecule has 0 radical (unpaired) electrons. The SMILES string of the molecule is COc1ccccc1N1CCN(Cc2ccc(C(=O)N/N=C(\C)c3cccc([N+](=O)[O-])c3)cc2)CC1. The van der Waals surface area contributed by atoms with Crippen LogP contribution in [0.4, 0.5) is 11.4 Å². The van der Waals surface area contributed by atoms with Crippen LogP contribution in [0.5, 0.6) is 5.75 Å². The number of hydrogen-bond acceptors (Lipinski definition) is 7. The molecule has 9 heteroatoms. The quantitative estimate of drug-likeness (QED) is 0.292. The summed E-state index contributed by atoms with van der Waals surface area (Å²) in [5.74, 6) is 0.557. The van der Waals surface area contributed by atoms with Crippen molar-refractivity contribution in [3.8, 4) is 5.75 Å². The van der Waals surface area contributed by atoms with E-state index in [0.717, 1.165) is 49.7 Å². The summed E-state index contributed by atoms with van der Waals surface area (Å²) in [5.41, 5.74) is 6.32. The number of nitrogens with zero attached hydrogens (tertiary/aromatic N) is 4. The second-order valence-corrected chi connectivity index (χ2v) is 8.58. The zero-order chi connectivity index (χ0) is 25.5. The van der Waals surface area contributed by atoms with Gasteiger partial charge in [0.25, 0.3) is 11.6 Å². The number of anilines is 1. The summed E-state index contributed by atoms with van der Waals surface area (Å²) in [5, 5.41) is 15.1. The summed E-state index contributed by atoms with van der Waals surface area (Å²) in [4.78, 5) is 27.8. The number of carbonyl (C=O) groups excluding carboxylic acids is 1. The number of non-ortho nitro benzene ring substituents is 1. The minimum absolute atomic E-state index is 0.0230. The summed E-state index contributed by atoms with van der Waals surface area (Å²) in [6, 6.07) is 21.7. The molecule has 1 amide bonds. The number of nitro groups is 1. The minimum atomic E-state index is -0.461. The van der Waals surface area contributed by atoms with Crippen molar-refractivity contribution < 1.29 is 14.5 Å². The summed E-state index contributed by atoms with van der Waals surface area (Å²) >= 11 is 0. The van der Waals surface area contributed by atoms with Gasteiger partial charge in [-0.25, -0.2) is 5.43 Å². The highest BCUT2D eigenvalue weighted by atomic mass is 16.6. The molecule has 1 aliphatic heterocycles. The van der Waals surface area contributed by atoms with Crippen molar-refractivity contribution in [2.75, 3.05) is 38.2 Å². The number of rotatable bonds is 8. The Balaban J connectivity index is 1.30. The van der Waals surface area contributed by atoms with E-state index in [4.69, 9.17) is 4.74 Å². The molecule has 0 saturated carbocycles. The van der Waals surface area contributed by atoms with Gasteiger partial charge in [0.1, 0.15) is 5.75 Å². The zero-order valence-corrected chi connectivity index (χ0v) is 20.4. The Bertz CT molecular complexity index is 1250. The number of amides is 1. The fourth-order valence-corrected chi connectivity index (χ4v) is 4.17. The zero-order valence-electron chi connectivity index (χ0n) is 20.4. The third-order valence-electron chi connectivity index (χ3n) is 6.22. The van der Waals surface area contributed by atoms with Crippen molar-refractivity contribution in [1.82, 2.24) is 10.3 Å². The largest absolute Gasteiger partial charge is 0.495 e. The smallest absolute Gasteiger partial charge is 0.271 e. The predicted molar refractivity (Wildman–Crippen MR) is 140 cm³/mol. The van der Waals surface area contributed by atoms with Gasteiger partial charge in [0.15, 0.2) is 0 Å². The predicted octanol–water partition coefficient (Wildman–Crippen LogP) is 4.08. The highest BCUT2D eigenvalue weighted by molar-refractivity contribution is 6.01. The van der Waals surface area contributed by atoms with Crippen LogP contribution in [0.1, 0.15) is 28.4 Å². The molecule has 186 valence electrons. The molecule has 3 aromatic carbocycles. The Morgan fingerprint density at radius 1 is 1.00 bits per heavy atom. The third kappa shape index (κ3) is 6.05. The van der Waals surface area contributed by atoms with Gasteiger partial charge in [-0.3, -0.25) is 19.8 Å². The number of hydrazone groups is 1. The summed E-state index contributed by atoms with van der Waals surface area (Å²) in [7, 11) is 1.70. The highest BCUT2D eigenvalue weighted by Gasteiger charge is 2.19. The van der Waals surface area contributed by atoms with Crippen LogP contribution in [-0.2, 0) is 6.54 Å². The van der Waals surface area contributed by atoms with E-state index in [1.54, 1.807) is 38.3 Å². The van der Waals surface area contributed by atoms with Crippen LogP contribution < -0.4 is 15.1 Å².